The molecule has 1 heterocycles. The van der Waals surface area contributed by atoms with Gasteiger partial charge in [0.25, 0.3) is 5.91 Å². The van der Waals surface area contributed by atoms with Crippen molar-refractivity contribution in [2.24, 2.45) is 0 Å². The first-order valence-electron chi connectivity index (χ1n) is 5.45. The van der Waals surface area contributed by atoms with E-state index >= 15 is 0 Å². The molecule has 0 saturated heterocycles. The van der Waals surface area contributed by atoms with Crippen molar-refractivity contribution in [1.82, 2.24) is 20.7 Å². The number of hydrogen-bond donors (Lipinski definition) is 3. The van der Waals surface area contributed by atoms with E-state index in [0.29, 0.717) is 16.6 Å². The highest BCUT2D eigenvalue weighted by atomic mass is 16.5. The van der Waals surface area contributed by atoms with Crippen molar-refractivity contribution in [3.8, 4) is 0 Å². The lowest BCUT2D eigenvalue weighted by Crippen LogP contribution is -2.40. The zero-order valence-electron chi connectivity index (χ0n) is 9.88. The second-order valence-electron chi connectivity index (χ2n) is 3.84. The van der Waals surface area contributed by atoms with E-state index in [0.717, 1.165) is 0 Å². The van der Waals surface area contributed by atoms with E-state index in [4.69, 9.17) is 9.84 Å². The van der Waals surface area contributed by atoms with Gasteiger partial charge in [0.15, 0.2) is 0 Å². The van der Waals surface area contributed by atoms with Gasteiger partial charge >= 0.3 is 0 Å². The van der Waals surface area contributed by atoms with E-state index in [-0.39, 0.29) is 19.1 Å². The molecule has 0 fully saturated rings. The Morgan fingerprint density at radius 2 is 2.28 bits per heavy atom. The minimum absolute atomic E-state index is 0.175. The van der Waals surface area contributed by atoms with Gasteiger partial charge in [-0.3, -0.25) is 4.79 Å². The number of benzene rings is 1. The fourth-order valence-electron chi connectivity index (χ4n) is 1.59. The molecule has 0 aliphatic carbocycles. The lowest BCUT2D eigenvalue weighted by atomic mass is 10.1. The van der Waals surface area contributed by atoms with Crippen LogP contribution in [0.25, 0.3) is 11.0 Å². The summed E-state index contributed by atoms with van der Waals surface area (Å²) in [6, 6.07) is 4.57. The average molecular weight is 250 g/mol. The number of aliphatic hydroxyl groups is 1. The molecule has 1 aromatic heterocycles. The van der Waals surface area contributed by atoms with E-state index in [1.807, 2.05) is 0 Å². The average Bonchev–Trinajstić information content (AvgIpc) is 2.85. The summed E-state index contributed by atoms with van der Waals surface area (Å²) in [6.45, 7) is 0.0836. The number of hydrogen-bond acceptors (Lipinski definition) is 5. The molecule has 7 nitrogen and oxygen atoms in total. The third kappa shape index (κ3) is 2.63. The third-order valence-electron chi connectivity index (χ3n) is 2.50. The van der Waals surface area contributed by atoms with Crippen LogP contribution < -0.4 is 5.32 Å². The van der Waals surface area contributed by atoms with Crippen LogP contribution in [0.2, 0.25) is 0 Å². The van der Waals surface area contributed by atoms with E-state index in [9.17, 15) is 4.79 Å². The van der Waals surface area contributed by atoms with Gasteiger partial charge in [0.2, 0.25) is 0 Å². The molecule has 0 saturated carbocycles. The van der Waals surface area contributed by atoms with Crippen molar-refractivity contribution in [3.63, 3.8) is 0 Å². The first-order chi connectivity index (χ1) is 8.74. The monoisotopic (exact) mass is 250 g/mol. The Morgan fingerprint density at radius 3 is 3.00 bits per heavy atom. The molecule has 1 atom stereocenters. The number of fused-ring (bicyclic) bond motifs is 1. The molecule has 1 unspecified atom stereocenters. The molecular formula is C11H14N4O3. The molecule has 1 amide bonds. The van der Waals surface area contributed by atoms with Crippen molar-refractivity contribution in [2.45, 2.75) is 6.04 Å². The topological polar surface area (TPSA) is 100 Å². The van der Waals surface area contributed by atoms with Crippen LogP contribution in [-0.4, -0.2) is 52.8 Å². The van der Waals surface area contributed by atoms with E-state index < -0.39 is 6.04 Å². The fraction of sp³-hybridized carbons (Fsp3) is 0.364. The molecule has 18 heavy (non-hydrogen) atoms. The van der Waals surface area contributed by atoms with Crippen molar-refractivity contribution >= 4 is 16.9 Å². The number of carbonyl (C=O) groups excluding carboxylic acids is 1. The number of amides is 1. The third-order valence-corrected chi connectivity index (χ3v) is 2.50. The van der Waals surface area contributed by atoms with Gasteiger partial charge in [-0.05, 0) is 18.2 Å². The Labute approximate surface area is 103 Å². The Hall–Kier alpha value is -1.99. The molecule has 0 radical (unpaired) electrons. The van der Waals surface area contributed by atoms with Crippen molar-refractivity contribution in [3.05, 3.63) is 23.8 Å². The molecular weight excluding hydrogens is 236 g/mol. The number of aromatic nitrogens is 3. The van der Waals surface area contributed by atoms with E-state index in [2.05, 4.69) is 20.7 Å². The zero-order chi connectivity index (χ0) is 13.0. The summed E-state index contributed by atoms with van der Waals surface area (Å²) in [4.78, 5) is 11.9. The van der Waals surface area contributed by atoms with Crippen LogP contribution in [0.15, 0.2) is 18.2 Å². The Morgan fingerprint density at radius 1 is 1.50 bits per heavy atom. The highest BCUT2D eigenvalue weighted by molar-refractivity contribution is 5.97. The van der Waals surface area contributed by atoms with Crippen LogP contribution in [0.3, 0.4) is 0 Å². The fourth-order valence-corrected chi connectivity index (χ4v) is 1.59. The number of methoxy groups -OCH3 is 1. The highest BCUT2D eigenvalue weighted by Gasteiger charge is 2.13. The molecule has 2 rings (SSSR count). The number of nitrogens with one attached hydrogen (secondary N) is 2. The standard InChI is InChI=1S/C11H14N4O3/c1-18-6-8(5-16)12-11(17)7-2-3-9-10(4-7)14-15-13-9/h2-4,8,16H,5-6H2,1H3,(H,12,17)(H,13,14,15). The lowest BCUT2D eigenvalue weighted by Gasteiger charge is -2.14. The summed E-state index contributed by atoms with van der Waals surface area (Å²) in [6.07, 6.45) is 0. The minimum Gasteiger partial charge on any atom is -0.394 e. The summed E-state index contributed by atoms with van der Waals surface area (Å²) in [7, 11) is 1.51. The van der Waals surface area contributed by atoms with Crippen LogP contribution in [0, 0.1) is 0 Å². The maximum Gasteiger partial charge on any atom is 0.251 e. The molecule has 2 aromatic rings. The summed E-state index contributed by atoms with van der Waals surface area (Å²) in [5.41, 5.74) is 1.78. The first-order valence-corrected chi connectivity index (χ1v) is 5.45. The maximum atomic E-state index is 11.9. The van der Waals surface area contributed by atoms with Crippen LogP contribution in [0.5, 0.6) is 0 Å². The predicted octanol–water partition coefficient (Wildman–Crippen LogP) is -0.305. The van der Waals surface area contributed by atoms with Crippen LogP contribution in [0.1, 0.15) is 10.4 Å². The molecule has 0 aliphatic heterocycles. The van der Waals surface area contributed by atoms with Crippen LogP contribution in [-0.2, 0) is 4.74 Å². The minimum atomic E-state index is -0.421. The van der Waals surface area contributed by atoms with Crippen molar-refractivity contribution < 1.29 is 14.6 Å². The smallest absolute Gasteiger partial charge is 0.251 e. The van der Waals surface area contributed by atoms with Gasteiger partial charge in [-0.2, -0.15) is 15.4 Å². The molecule has 0 spiro atoms. The second kappa shape index (κ2) is 5.56. The normalized spacial score (nSPS) is 12.6. The quantitative estimate of drug-likeness (QED) is 0.676. The number of ether oxygens (including phenoxy) is 1. The molecule has 3 N–H and O–H groups in total. The molecule has 0 aliphatic rings. The van der Waals surface area contributed by atoms with E-state index in [1.165, 1.54) is 7.11 Å². The molecule has 7 heteroatoms. The second-order valence-corrected chi connectivity index (χ2v) is 3.84. The lowest BCUT2D eigenvalue weighted by molar-refractivity contribution is 0.0840. The van der Waals surface area contributed by atoms with Gasteiger partial charge in [-0.15, -0.1) is 0 Å². The largest absolute Gasteiger partial charge is 0.394 e. The number of carbonyl (C=O) groups is 1. The first kappa shape index (κ1) is 12.5. The van der Waals surface area contributed by atoms with Crippen LogP contribution >= 0.6 is 0 Å². The van der Waals surface area contributed by atoms with E-state index in [1.54, 1.807) is 18.2 Å². The summed E-state index contributed by atoms with van der Waals surface area (Å²) in [5, 5.41) is 22.0. The number of H-pyrrole nitrogens is 1. The number of rotatable bonds is 5. The Kier molecular flexibility index (Phi) is 3.85. The number of aliphatic hydroxyl groups excluding tert-OH is 1. The van der Waals surface area contributed by atoms with Gasteiger partial charge in [-0.1, -0.05) is 0 Å². The summed E-state index contributed by atoms with van der Waals surface area (Å²) in [5.74, 6) is -0.281. The number of nitrogens with zero attached hydrogens (tertiary/aromatic N) is 2. The van der Waals surface area contributed by atoms with Gasteiger partial charge in [0.1, 0.15) is 11.0 Å². The predicted molar refractivity (Wildman–Crippen MR) is 64.1 cm³/mol. The summed E-state index contributed by atoms with van der Waals surface area (Å²) >= 11 is 0. The van der Waals surface area contributed by atoms with Gasteiger partial charge in [0, 0.05) is 12.7 Å². The zero-order valence-corrected chi connectivity index (χ0v) is 9.88. The van der Waals surface area contributed by atoms with Gasteiger partial charge in [-0.25, -0.2) is 0 Å². The molecule has 1 aromatic carbocycles. The van der Waals surface area contributed by atoms with Crippen LogP contribution in [0.4, 0.5) is 0 Å². The molecule has 96 valence electrons. The van der Waals surface area contributed by atoms with Gasteiger partial charge in [0.05, 0.1) is 19.3 Å². The van der Waals surface area contributed by atoms with Crippen molar-refractivity contribution in [2.75, 3.05) is 20.3 Å². The molecule has 0 bridgehead atoms. The number of aromatic amines is 1. The summed E-state index contributed by atoms with van der Waals surface area (Å²) < 4.78 is 4.89. The SMILES string of the molecule is COCC(CO)NC(=O)c1ccc2n[nH]nc2c1. The Balaban J connectivity index is 2.12. The Bertz CT molecular complexity index is 540. The highest BCUT2D eigenvalue weighted by Crippen LogP contribution is 2.10. The van der Waals surface area contributed by atoms with Gasteiger partial charge < -0.3 is 15.2 Å². The van der Waals surface area contributed by atoms with Crippen molar-refractivity contribution in [1.29, 1.82) is 0 Å². The maximum absolute atomic E-state index is 11.9.